The molecule has 1 aliphatic heterocycles. The number of hydrogen-bond donors (Lipinski definition) is 0. The minimum atomic E-state index is 0.344. The monoisotopic (exact) mass is 269 g/mol. The van der Waals surface area contributed by atoms with E-state index in [4.69, 9.17) is 11.6 Å². The Labute approximate surface area is 116 Å². The van der Waals surface area contributed by atoms with E-state index in [1.54, 1.807) is 0 Å². The van der Waals surface area contributed by atoms with Gasteiger partial charge in [0.2, 0.25) is 5.71 Å². The van der Waals surface area contributed by atoms with Crippen molar-refractivity contribution in [2.45, 2.75) is 0 Å². The highest BCUT2D eigenvalue weighted by Gasteiger charge is 2.20. The van der Waals surface area contributed by atoms with E-state index in [1.165, 1.54) is 0 Å². The third-order valence-corrected chi connectivity index (χ3v) is 3.37. The predicted molar refractivity (Wildman–Crippen MR) is 78.6 cm³/mol. The highest BCUT2D eigenvalue weighted by atomic mass is 35.5. The maximum absolute atomic E-state index is 12.3. The number of benzene rings is 2. The summed E-state index contributed by atoms with van der Waals surface area (Å²) in [6.45, 7) is 0.344. The van der Waals surface area contributed by atoms with Gasteiger partial charge in [0.25, 0.3) is 0 Å². The van der Waals surface area contributed by atoms with Crippen molar-refractivity contribution in [1.29, 1.82) is 0 Å². The normalized spacial score (nSPS) is 14.2. The first kappa shape index (κ1) is 12.0. The van der Waals surface area contributed by atoms with E-state index < -0.39 is 0 Å². The molecule has 0 aliphatic carbocycles. The average molecular weight is 270 g/mol. The molecule has 0 aromatic heterocycles. The van der Waals surface area contributed by atoms with Crippen molar-refractivity contribution in [3.8, 4) is 0 Å². The lowest BCUT2D eigenvalue weighted by molar-refractivity contribution is -0.444. The summed E-state index contributed by atoms with van der Waals surface area (Å²) in [7, 11) is 0. The molecule has 0 radical (unpaired) electrons. The second kappa shape index (κ2) is 4.90. The number of fused-ring (bicyclic) bond motifs is 1. The number of nitrogens with zero attached hydrogens (tertiary/aromatic N) is 1. The third-order valence-electron chi connectivity index (χ3n) is 3.14. The minimum Gasteiger partial charge on any atom is -0.623 e. The van der Waals surface area contributed by atoms with Crippen LogP contribution in [0.4, 0.5) is 0 Å². The molecule has 1 heterocycles. The Kier molecular flexibility index (Phi) is 3.10. The van der Waals surface area contributed by atoms with E-state index in [9.17, 15) is 5.21 Å². The van der Waals surface area contributed by atoms with Crippen molar-refractivity contribution >= 4 is 23.4 Å². The van der Waals surface area contributed by atoms with Crippen LogP contribution < -0.4 is 0 Å². The molecule has 0 fully saturated rings. The van der Waals surface area contributed by atoms with Crippen LogP contribution in [-0.2, 0) is 0 Å². The molecule has 2 nitrogen and oxygen atoms in total. The fourth-order valence-corrected chi connectivity index (χ4v) is 2.45. The number of hydroxylamine groups is 1. The Morgan fingerprint density at radius 1 is 1.05 bits per heavy atom. The van der Waals surface area contributed by atoms with Crippen LogP contribution in [0.2, 0.25) is 5.02 Å². The molecule has 3 heteroatoms. The lowest BCUT2D eigenvalue weighted by atomic mass is 9.97. The molecule has 94 valence electrons. The Morgan fingerprint density at radius 2 is 1.84 bits per heavy atom. The molecule has 19 heavy (non-hydrogen) atoms. The van der Waals surface area contributed by atoms with Crippen LogP contribution in [0.25, 0.3) is 6.08 Å². The van der Waals surface area contributed by atoms with Crippen molar-refractivity contribution in [2.75, 3.05) is 6.54 Å². The molecule has 2 aromatic carbocycles. The first-order chi connectivity index (χ1) is 9.25. The zero-order valence-electron chi connectivity index (χ0n) is 10.2. The maximum atomic E-state index is 12.3. The summed E-state index contributed by atoms with van der Waals surface area (Å²) in [4.78, 5) is 0. The van der Waals surface area contributed by atoms with E-state index in [2.05, 4.69) is 0 Å². The molecule has 2 aromatic rings. The lowest BCUT2D eigenvalue weighted by Crippen LogP contribution is -2.18. The molecule has 0 atom stereocenters. The van der Waals surface area contributed by atoms with Crippen LogP contribution in [0.1, 0.15) is 16.7 Å². The zero-order chi connectivity index (χ0) is 13.2. The van der Waals surface area contributed by atoms with Gasteiger partial charge < -0.3 is 5.21 Å². The van der Waals surface area contributed by atoms with Gasteiger partial charge in [-0.3, -0.25) is 0 Å². The van der Waals surface area contributed by atoms with Gasteiger partial charge in [-0.1, -0.05) is 41.9 Å². The first-order valence-electron chi connectivity index (χ1n) is 6.09. The molecule has 0 saturated heterocycles. The smallest absolute Gasteiger partial charge is 0.226 e. The van der Waals surface area contributed by atoms with Gasteiger partial charge >= 0.3 is 0 Å². The largest absolute Gasteiger partial charge is 0.623 e. The topological polar surface area (TPSA) is 26.1 Å². The Hall–Kier alpha value is -2.06. The van der Waals surface area contributed by atoms with Gasteiger partial charge in [-0.05, 0) is 35.9 Å². The van der Waals surface area contributed by atoms with Crippen LogP contribution in [0.3, 0.4) is 0 Å². The number of hydrogen-bond acceptors (Lipinski definition) is 1. The zero-order valence-corrected chi connectivity index (χ0v) is 11.0. The minimum absolute atomic E-state index is 0.344. The van der Waals surface area contributed by atoms with E-state index in [0.29, 0.717) is 17.3 Å². The van der Waals surface area contributed by atoms with Gasteiger partial charge in [0, 0.05) is 10.6 Å². The summed E-state index contributed by atoms with van der Waals surface area (Å²) >= 11 is 6.07. The Bertz CT molecular complexity index is 674. The van der Waals surface area contributed by atoms with Gasteiger partial charge in [-0.15, -0.1) is 0 Å². The van der Waals surface area contributed by atoms with Crippen LogP contribution in [0.5, 0.6) is 0 Å². The van der Waals surface area contributed by atoms with E-state index in [-0.39, 0.29) is 0 Å². The Morgan fingerprint density at radius 3 is 2.63 bits per heavy atom. The first-order valence-corrected chi connectivity index (χ1v) is 6.47. The van der Waals surface area contributed by atoms with Crippen molar-refractivity contribution in [1.82, 2.24) is 0 Å². The van der Waals surface area contributed by atoms with E-state index in [1.807, 2.05) is 60.7 Å². The maximum Gasteiger partial charge on any atom is 0.226 e. The molecular formula is C16H12ClNO. The molecule has 0 unspecified atom stereocenters. The second-order valence-corrected chi connectivity index (χ2v) is 4.85. The number of halogens is 1. The summed E-state index contributed by atoms with van der Waals surface area (Å²) in [5.74, 6) is 0. The van der Waals surface area contributed by atoms with Crippen LogP contribution in [0.15, 0.2) is 54.6 Å². The van der Waals surface area contributed by atoms with Gasteiger partial charge in [0.1, 0.15) is 0 Å². The molecular weight excluding hydrogens is 258 g/mol. The molecule has 0 saturated carbocycles. The molecule has 0 amide bonds. The number of rotatable bonds is 1. The summed E-state index contributed by atoms with van der Waals surface area (Å²) in [5.41, 5.74) is 3.47. The summed E-state index contributed by atoms with van der Waals surface area (Å²) in [5, 5.41) is 12.9. The predicted octanol–water partition coefficient (Wildman–Crippen LogP) is 3.71. The van der Waals surface area contributed by atoms with Crippen molar-refractivity contribution in [2.24, 2.45) is 0 Å². The standard InChI is InChI=1S/C16H12ClNO/c17-14-9-8-12-7-4-10-18(19)16(15(12)11-14)13-5-2-1-3-6-13/h1-9,11H,10H2. The second-order valence-electron chi connectivity index (χ2n) is 4.41. The lowest BCUT2D eigenvalue weighted by Gasteiger charge is -2.10. The quantitative estimate of drug-likeness (QED) is 0.572. The third kappa shape index (κ3) is 2.27. The van der Waals surface area contributed by atoms with Crippen molar-refractivity contribution in [3.63, 3.8) is 0 Å². The highest BCUT2D eigenvalue weighted by molar-refractivity contribution is 6.31. The van der Waals surface area contributed by atoms with Gasteiger partial charge in [0.15, 0.2) is 6.54 Å². The fraction of sp³-hybridized carbons (Fsp3) is 0.0625. The summed E-state index contributed by atoms with van der Waals surface area (Å²) in [6, 6.07) is 15.3. The highest BCUT2D eigenvalue weighted by Crippen LogP contribution is 2.23. The molecule has 1 aliphatic rings. The molecule has 0 N–H and O–H groups in total. The molecule has 0 bridgehead atoms. The summed E-state index contributed by atoms with van der Waals surface area (Å²) in [6.07, 6.45) is 3.84. The van der Waals surface area contributed by atoms with Crippen LogP contribution >= 0.6 is 11.6 Å². The van der Waals surface area contributed by atoms with Crippen molar-refractivity contribution < 1.29 is 4.74 Å². The Balaban J connectivity index is 2.27. The molecule has 3 rings (SSSR count). The summed E-state index contributed by atoms with van der Waals surface area (Å²) < 4.78 is 1.01. The van der Waals surface area contributed by atoms with Crippen molar-refractivity contribution in [3.05, 3.63) is 81.5 Å². The van der Waals surface area contributed by atoms with Gasteiger partial charge in [0.05, 0.1) is 5.56 Å². The van der Waals surface area contributed by atoms with Crippen LogP contribution in [0, 0.1) is 5.21 Å². The van der Waals surface area contributed by atoms with E-state index in [0.717, 1.165) is 21.4 Å². The van der Waals surface area contributed by atoms with Gasteiger partial charge in [-0.25, -0.2) is 4.74 Å². The van der Waals surface area contributed by atoms with E-state index >= 15 is 0 Å². The van der Waals surface area contributed by atoms with Crippen LogP contribution in [-0.4, -0.2) is 17.0 Å². The van der Waals surface area contributed by atoms with Gasteiger partial charge in [-0.2, -0.15) is 0 Å². The average Bonchev–Trinajstić information content (AvgIpc) is 2.58. The fourth-order valence-electron chi connectivity index (χ4n) is 2.28. The SMILES string of the molecule is [O-][N+]1=C(c2ccccc2)c2cc(Cl)ccc2C=CC1. The molecule has 0 spiro atoms.